The smallest absolute Gasteiger partial charge is 0.305 e. The van der Waals surface area contributed by atoms with E-state index in [1.165, 1.54) is 6.07 Å². The van der Waals surface area contributed by atoms with Crippen LogP contribution in [-0.4, -0.2) is 22.0 Å². The average molecular weight is 302 g/mol. The molecular formula is C13H16F2N2O4. The number of carboxylic acids is 1. The SMILES string of the molecule is CC(C)C(CC(=O)O)Nc1ccc([N+](=O)[O-])cc1C(F)F. The van der Waals surface area contributed by atoms with Gasteiger partial charge in [-0.15, -0.1) is 0 Å². The molecule has 0 aliphatic carbocycles. The first kappa shape index (κ1) is 16.8. The van der Waals surface area contributed by atoms with E-state index < -0.39 is 34.6 Å². The third kappa shape index (κ3) is 4.66. The zero-order valence-corrected chi connectivity index (χ0v) is 11.5. The summed E-state index contributed by atoms with van der Waals surface area (Å²) in [6.45, 7) is 3.52. The molecular weight excluding hydrogens is 286 g/mol. The van der Waals surface area contributed by atoms with E-state index in [9.17, 15) is 23.7 Å². The fraction of sp³-hybridized carbons (Fsp3) is 0.462. The highest BCUT2D eigenvalue weighted by molar-refractivity contribution is 5.69. The molecule has 1 rings (SSSR count). The molecule has 21 heavy (non-hydrogen) atoms. The van der Waals surface area contributed by atoms with Gasteiger partial charge in [-0.1, -0.05) is 13.8 Å². The first-order chi connectivity index (χ1) is 9.72. The largest absolute Gasteiger partial charge is 0.481 e. The maximum Gasteiger partial charge on any atom is 0.305 e. The van der Waals surface area contributed by atoms with E-state index in [2.05, 4.69) is 5.32 Å². The van der Waals surface area contributed by atoms with Crippen molar-refractivity contribution in [2.24, 2.45) is 5.92 Å². The van der Waals surface area contributed by atoms with Crippen LogP contribution in [0.1, 0.15) is 32.3 Å². The van der Waals surface area contributed by atoms with Crippen molar-refractivity contribution in [2.75, 3.05) is 5.32 Å². The van der Waals surface area contributed by atoms with Crippen LogP contribution in [0.3, 0.4) is 0 Å². The van der Waals surface area contributed by atoms with Gasteiger partial charge in [0.2, 0.25) is 0 Å². The Hall–Kier alpha value is -2.25. The molecule has 0 spiro atoms. The van der Waals surface area contributed by atoms with Gasteiger partial charge in [0.05, 0.1) is 11.3 Å². The number of rotatable bonds is 7. The van der Waals surface area contributed by atoms with Crippen LogP contribution in [0.5, 0.6) is 0 Å². The van der Waals surface area contributed by atoms with Crippen molar-refractivity contribution in [3.8, 4) is 0 Å². The van der Waals surface area contributed by atoms with Crippen LogP contribution in [0.25, 0.3) is 0 Å². The van der Waals surface area contributed by atoms with Crippen LogP contribution in [-0.2, 0) is 4.79 Å². The molecule has 0 amide bonds. The van der Waals surface area contributed by atoms with E-state index in [0.29, 0.717) is 0 Å². The lowest BCUT2D eigenvalue weighted by Gasteiger charge is -2.23. The zero-order chi connectivity index (χ0) is 16.2. The van der Waals surface area contributed by atoms with Gasteiger partial charge in [-0.05, 0) is 12.0 Å². The van der Waals surface area contributed by atoms with Gasteiger partial charge in [0.1, 0.15) is 0 Å². The lowest BCUT2D eigenvalue weighted by atomic mass is 10.00. The minimum absolute atomic E-state index is 0.00977. The maximum absolute atomic E-state index is 13.0. The van der Waals surface area contributed by atoms with Crippen molar-refractivity contribution in [3.05, 3.63) is 33.9 Å². The molecule has 6 nitrogen and oxygen atoms in total. The second kappa shape index (κ2) is 6.96. The first-order valence-electron chi connectivity index (χ1n) is 6.27. The second-order valence-electron chi connectivity index (χ2n) is 4.92. The number of benzene rings is 1. The molecule has 1 unspecified atom stereocenters. The van der Waals surface area contributed by atoms with Crippen LogP contribution >= 0.6 is 0 Å². The summed E-state index contributed by atoms with van der Waals surface area (Å²) in [5.41, 5.74) is -0.939. The summed E-state index contributed by atoms with van der Waals surface area (Å²) in [6.07, 6.45) is -3.14. The highest BCUT2D eigenvalue weighted by atomic mass is 19.3. The number of halogens is 2. The second-order valence-corrected chi connectivity index (χ2v) is 4.92. The Labute approximate surface area is 119 Å². The number of alkyl halides is 2. The van der Waals surface area contributed by atoms with Gasteiger partial charge < -0.3 is 10.4 Å². The van der Waals surface area contributed by atoms with E-state index in [1.807, 2.05) is 0 Å². The average Bonchev–Trinajstić information content (AvgIpc) is 2.37. The van der Waals surface area contributed by atoms with Crippen molar-refractivity contribution >= 4 is 17.3 Å². The zero-order valence-electron chi connectivity index (χ0n) is 11.5. The molecule has 1 aromatic carbocycles. The Morgan fingerprint density at radius 3 is 2.48 bits per heavy atom. The molecule has 0 heterocycles. The number of nitrogens with zero attached hydrogens (tertiary/aromatic N) is 1. The highest BCUT2D eigenvalue weighted by Crippen LogP contribution is 2.32. The third-order valence-corrected chi connectivity index (χ3v) is 3.02. The minimum Gasteiger partial charge on any atom is -0.481 e. The molecule has 116 valence electrons. The normalized spacial score (nSPS) is 12.5. The summed E-state index contributed by atoms with van der Waals surface area (Å²) in [6, 6.07) is 2.52. The molecule has 8 heteroatoms. The molecule has 0 radical (unpaired) electrons. The quantitative estimate of drug-likeness (QED) is 0.594. The molecule has 0 saturated carbocycles. The Morgan fingerprint density at radius 2 is 2.05 bits per heavy atom. The van der Waals surface area contributed by atoms with Gasteiger partial charge in [-0.25, -0.2) is 8.78 Å². The molecule has 0 aliphatic heterocycles. The fourth-order valence-electron chi connectivity index (χ4n) is 1.82. The molecule has 0 aliphatic rings. The van der Waals surface area contributed by atoms with E-state index in [1.54, 1.807) is 13.8 Å². The predicted octanol–water partition coefficient (Wildman–Crippen LogP) is 3.44. The molecule has 0 fully saturated rings. The number of hydrogen-bond acceptors (Lipinski definition) is 4. The van der Waals surface area contributed by atoms with E-state index in [0.717, 1.165) is 12.1 Å². The lowest BCUT2D eigenvalue weighted by molar-refractivity contribution is -0.385. The summed E-state index contributed by atoms with van der Waals surface area (Å²) in [5.74, 6) is -1.16. The Bertz CT molecular complexity index is 535. The first-order valence-corrected chi connectivity index (χ1v) is 6.27. The number of carbonyl (C=O) groups is 1. The van der Waals surface area contributed by atoms with Crippen LogP contribution in [0.15, 0.2) is 18.2 Å². The van der Waals surface area contributed by atoms with Gasteiger partial charge in [-0.3, -0.25) is 14.9 Å². The van der Waals surface area contributed by atoms with Crippen molar-refractivity contribution in [2.45, 2.75) is 32.7 Å². The van der Waals surface area contributed by atoms with Crippen molar-refractivity contribution in [3.63, 3.8) is 0 Å². The highest BCUT2D eigenvalue weighted by Gasteiger charge is 2.22. The van der Waals surface area contributed by atoms with Gasteiger partial charge in [0.25, 0.3) is 12.1 Å². The number of nitro groups is 1. The van der Waals surface area contributed by atoms with E-state index in [-0.39, 0.29) is 18.0 Å². The summed E-state index contributed by atoms with van der Waals surface area (Å²) < 4.78 is 26.0. The molecule has 2 N–H and O–H groups in total. The third-order valence-electron chi connectivity index (χ3n) is 3.02. The molecule has 0 saturated heterocycles. The monoisotopic (exact) mass is 302 g/mol. The Kier molecular flexibility index (Phi) is 5.57. The van der Waals surface area contributed by atoms with Crippen LogP contribution in [0.2, 0.25) is 0 Å². The van der Waals surface area contributed by atoms with Crippen molar-refractivity contribution in [1.82, 2.24) is 0 Å². The van der Waals surface area contributed by atoms with E-state index >= 15 is 0 Å². The van der Waals surface area contributed by atoms with Gasteiger partial charge >= 0.3 is 5.97 Å². The summed E-state index contributed by atoms with van der Waals surface area (Å²) >= 11 is 0. The summed E-state index contributed by atoms with van der Waals surface area (Å²) in [5, 5.41) is 22.2. The molecule has 1 aromatic rings. The van der Waals surface area contributed by atoms with Gasteiger partial charge in [-0.2, -0.15) is 0 Å². The lowest BCUT2D eigenvalue weighted by Crippen LogP contribution is -2.29. The fourth-order valence-corrected chi connectivity index (χ4v) is 1.82. The van der Waals surface area contributed by atoms with Crippen LogP contribution < -0.4 is 5.32 Å². The number of hydrogen-bond donors (Lipinski definition) is 2. The Balaban J connectivity index is 3.10. The van der Waals surface area contributed by atoms with Gasteiger partial charge in [0, 0.05) is 29.4 Å². The predicted molar refractivity (Wildman–Crippen MR) is 72.6 cm³/mol. The van der Waals surface area contributed by atoms with Crippen LogP contribution in [0, 0.1) is 16.0 Å². The molecule has 1 atom stereocenters. The van der Waals surface area contributed by atoms with Crippen LogP contribution in [0.4, 0.5) is 20.2 Å². The minimum atomic E-state index is -2.90. The van der Waals surface area contributed by atoms with E-state index in [4.69, 9.17) is 5.11 Å². The number of nitro benzene ring substituents is 1. The molecule has 0 bridgehead atoms. The van der Waals surface area contributed by atoms with Crippen molar-refractivity contribution < 1.29 is 23.6 Å². The number of non-ortho nitro benzene ring substituents is 1. The number of nitrogens with one attached hydrogen (secondary N) is 1. The topological polar surface area (TPSA) is 92.5 Å². The standard InChI is InChI=1S/C13H16F2N2O4/c1-7(2)11(6-12(18)19)16-10-4-3-8(17(20)21)5-9(10)13(14)15/h3-5,7,11,13,16H,6H2,1-2H3,(H,18,19). The number of aliphatic carboxylic acids is 1. The number of anilines is 1. The summed E-state index contributed by atoms with van der Waals surface area (Å²) in [7, 11) is 0. The number of carboxylic acid groups (broad SMARTS) is 1. The summed E-state index contributed by atoms with van der Waals surface area (Å²) in [4.78, 5) is 20.7. The molecule has 0 aromatic heterocycles. The van der Waals surface area contributed by atoms with Crippen molar-refractivity contribution in [1.29, 1.82) is 0 Å². The van der Waals surface area contributed by atoms with Gasteiger partial charge in [0.15, 0.2) is 0 Å². The Morgan fingerprint density at radius 1 is 1.43 bits per heavy atom. The maximum atomic E-state index is 13.0.